The van der Waals surface area contributed by atoms with Gasteiger partial charge < -0.3 is 4.74 Å². The molecule has 0 aromatic rings. The first kappa shape index (κ1) is 9.79. The first-order valence-corrected chi connectivity index (χ1v) is 3.62. The van der Waals surface area contributed by atoms with Crippen molar-refractivity contribution in [2.75, 3.05) is 12.5 Å². The standard InChI is InChI=1S/C6H8Cl2O2/c1-5(8)2-3-10-6(9)4-7/h2H,3-4H2,1H3/b5-2+. The van der Waals surface area contributed by atoms with E-state index >= 15 is 0 Å². The highest BCUT2D eigenvalue weighted by Gasteiger charge is 1.95. The third-order valence-electron chi connectivity index (χ3n) is 0.718. The average Bonchev–Trinajstić information content (AvgIpc) is 1.87. The van der Waals surface area contributed by atoms with Gasteiger partial charge in [-0.2, -0.15) is 0 Å². The molecule has 0 radical (unpaired) electrons. The number of allylic oxidation sites excluding steroid dienone is 1. The second-order valence-electron chi connectivity index (χ2n) is 1.61. The van der Waals surface area contributed by atoms with Crippen LogP contribution in [0.25, 0.3) is 0 Å². The summed E-state index contributed by atoms with van der Waals surface area (Å²) >= 11 is 10.6. The van der Waals surface area contributed by atoms with Gasteiger partial charge in [0.05, 0.1) is 0 Å². The number of ether oxygens (including phenoxy) is 1. The van der Waals surface area contributed by atoms with Crippen LogP contribution in [0.15, 0.2) is 11.1 Å². The van der Waals surface area contributed by atoms with Gasteiger partial charge in [0, 0.05) is 5.03 Å². The number of alkyl halides is 1. The maximum Gasteiger partial charge on any atom is 0.321 e. The van der Waals surface area contributed by atoms with Crippen LogP contribution in [0.2, 0.25) is 0 Å². The number of carbonyl (C=O) groups excluding carboxylic acids is 1. The Kier molecular flexibility index (Phi) is 5.45. The van der Waals surface area contributed by atoms with Crippen LogP contribution in [-0.4, -0.2) is 18.5 Å². The van der Waals surface area contributed by atoms with E-state index in [1.165, 1.54) is 0 Å². The van der Waals surface area contributed by atoms with Gasteiger partial charge in [-0.1, -0.05) is 11.6 Å². The molecule has 0 unspecified atom stereocenters. The third kappa shape index (κ3) is 5.92. The molecule has 58 valence electrons. The van der Waals surface area contributed by atoms with E-state index < -0.39 is 5.97 Å². The molecule has 0 aromatic carbocycles. The molecule has 0 rings (SSSR count). The first-order valence-electron chi connectivity index (χ1n) is 2.70. The number of esters is 1. The molecule has 2 nitrogen and oxygen atoms in total. The van der Waals surface area contributed by atoms with Crippen LogP contribution in [0, 0.1) is 0 Å². The minimum atomic E-state index is -0.434. The molecule has 10 heavy (non-hydrogen) atoms. The van der Waals surface area contributed by atoms with Crippen LogP contribution in [0.5, 0.6) is 0 Å². The van der Waals surface area contributed by atoms with Crippen molar-refractivity contribution < 1.29 is 9.53 Å². The fraction of sp³-hybridized carbons (Fsp3) is 0.500. The Morgan fingerprint density at radius 2 is 2.30 bits per heavy atom. The second-order valence-corrected chi connectivity index (χ2v) is 2.47. The first-order chi connectivity index (χ1) is 4.66. The monoisotopic (exact) mass is 182 g/mol. The maximum absolute atomic E-state index is 10.4. The topological polar surface area (TPSA) is 26.3 Å². The summed E-state index contributed by atoms with van der Waals surface area (Å²) in [5.41, 5.74) is 0. The van der Waals surface area contributed by atoms with Gasteiger partial charge in [-0.3, -0.25) is 4.79 Å². The summed E-state index contributed by atoms with van der Waals surface area (Å²) < 4.78 is 4.57. The lowest BCUT2D eigenvalue weighted by Gasteiger charge is -1.96. The minimum absolute atomic E-state index is 0.116. The van der Waals surface area contributed by atoms with Crippen molar-refractivity contribution >= 4 is 29.2 Å². The molecular weight excluding hydrogens is 175 g/mol. The largest absolute Gasteiger partial charge is 0.461 e. The van der Waals surface area contributed by atoms with Crippen molar-refractivity contribution in [1.82, 2.24) is 0 Å². The molecule has 0 fully saturated rings. The van der Waals surface area contributed by atoms with Crippen molar-refractivity contribution in [3.05, 3.63) is 11.1 Å². The Labute approximate surface area is 69.8 Å². The van der Waals surface area contributed by atoms with Crippen molar-refractivity contribution in [2.45, 2.75) is 6.92 Å². The highest BCUT2D eigenvalue weighted by Crippen LogP contribution is 1.96. The Bertz CT molecular complexity index is 139. The molecule has 0 bridgehead atoms. The zero-order valence-electron chi connectivity index (χ0n) is 5.56. The van der Waals surface area contributed by atoms with Gasteiger partial charge in [-0.25, -0.2) is 0 Å². The smallest absolute Gasteiger partial charge is 0.321 e. The van der Waals surface area contributed by atoms with E-state index in [0.717, 1.165) is 0 Å². The second kappa shape index (κ2) is 5.57. The molecule has 0 amide bonds. The molecule has 0 saturated heterocycles. The molecule has 0 N–H and O–H groups in total. The maximum atomic E-state index is 10.4. The lowest BCUT2D eigenvalue weighted by Crippen LogP contribution is -2.05. The quantitative estimate of drug-likeness (QED) is 0.493. The lowest BCUT2D eigenvalue weighted by atomic mass is 10.5. The molecule has 0 aliphatic rings. The summed E-state index contributed by atoms with van der Waals surface area (Å²) in [6.45, 7) is 1.90. The third-order valence-corrected chi connectivity index (χ3v) is 1.09. The Morgan fingerprint density at radius 3 is 2.70 bits per heavy atom. The van der Waals surface area contributed by atoms with E-state index in [9.17, 15) is 4.79 Å². The number of hydrogen-bond donors (Lipinski definition) is 0. The van der Waals surface area contributed by atoms with Gasteiger partial charge in [-0.05, 0) is 13.0 Å². The van der Waals surface area contributed by atoms with Crippen LogP contribution < -0.4 is 0 Å². The summed E-state index contributed by atoms with van der Waals surface area (Å²) in [4.78, 5) is 10.4. The minimum Gasteiger partial charge on any atom is -0.461 e. The van der Waals surface area contributed by atoms with Crippen molar-refractivity contribution in [2.24, 2.45) is 0 Å². The summed E-state index contributed by atoms with van der Waals surface area (Å²) in [7, 11) is 0. The lowest BCUT2D eigenvalue weighted by molar-refractivity contribution is -0.139. The summed E-state index contributed by atoms with van der Waals surface area (Å²) in [6.07, 6.45) is 1.59. The van der Waals surface area contributed by atoms with E-state index in [-0.39, 0.29) is 12.5 Å². The van der Waals surface area contributed by atoms with Gasteiger partial charge in [0.2, 0.25) is 0 Å². The van der Waals surface area contributed by atoms with Crippen molar-refractivity contribution in [1.29, 1.82) is 0 Å². The molecule has 0 aliphatic heterocycles. The van der Waals surface area contributed by atoms with E-state index in [1.807, 2.05) is 0 Å². The molecule has 0 atom stereocenters. The van der Waals surface area contributed by atoms with E-state index in [4.69, 9.17) is 23.2 Å². The molecule has 4 heteroatoms. The zero-order valence-corrected chi connectivity index (χ0v) is 7.08. The van der Waals surface area contributed by atoms with E-state index in [2.05, 4.69) is 4.74 Å². The summed E-state index contributed by atoms with van der Waals surface area (Å²) in [6, 6.07) is 0. The van der Waals surface area contributed by atoms with Gasteiger partial charge >= 0.3 is 5.97 Å². The highest BCUT2D eigenvalue weighted by molar-refractivity contribution is 6.29. The average molecular weight is 183 g/mol. The fourth-order valence-electron chi connectivity index (χ4n) is 0.288. The highest BCUT2D eigenvalue weighted by atomic mass is 35.5. The summed E-state index contributed by atoms with van der Waals surface area (Å²) in [5, 5.41) is 0.599. The Balaban J connectivity index is 3.37. The SMILES string of the molecule is C/C(Cl)=C\COC(=O)CCl. The van der Waals surface area contributed by atoms with Crippen LogP contribution in [-0.2, 0) is 9.53 Å². The summed E-state index contributed by atoms with van der Waals surface area (Å²) in [5.74, 6) is -0.550. The number of halogens is 2. The Hall–Kier alpha value is -0.210. The molecule has 0 aliphatic carbocycles. The van der Waals surface area contributed by atoms with Gasteiger partial charge in [-0.15, -0.1) is 11.6 Å². The van der Waals surface area contributed by atoms with E-state index in [1.54, 1.807) is 13.0 Å². The molecule has 0 spiro atoms. The van der Waals surface area contributed by atoms with Gasteiger partial charge in [0.25, 0.3) is 0 Å². The molecule has 0 aromatic heterocycles. The molecule has 0 saturated carbocycles. The predicted octanol–water partition coefficient (Wildman–Crippen LogP) is 1.91. The van der Waals surface area contributed by atoms with Crippen molar-refractivity contribution in [3.63, 3.8) is 0 Å². The normalized spacial score (nSPS) is 11.3. The van der Waals surface area contributed by atoms with E-state index in [0.29, 0.717) is 5.03 Å². The van der Waals surface area contributed by atoms with Crippen LogP contribution in [0.4, 0.5) is 0 Å². The predicted molar refractivity (Wildman–Crippen MR) is 41.3 cm³/mol. The van der Waals surface area contributed by atoms with Crippen LogP contribution in [0.1, 0.15) is 6.92 Å². The zero-order chi connectivity index (χ0) is 7.98. The molecular formula is C6H8Cl2O2. The van der Waals surface area contributed by atoms with Crippen LogP contribution in [0.3, 0.4) is 0 Å². The molecule has 0 heterocycles. The van der Waals surface area contributed by atoms with Crippen molar-refractivity contribution in [3.8, 4) is 0 Å². The fourth-order valence-corrected chi connectivity index (χ4v) is 0.428. The van der Waals surface area contributed by atoms with Crippen LogP contribution >= 0.6 is 23.2 Å². The van der Waals surface area contributed by atoms with Gasteiger partial charge in [0.1, 0.15) is 12.5 Å². The number of hydrogen-bond acceptors (Lipinski definition) is 2. The number of rotatable bonds is 3. The Morgan fingerprint density at radius 1 is 1.70 bits per heavy atom. The number of carbonyl (C=O) groups is 1. The van der Waals surface area contributed by atoms with Gasteiger partial charge in [0.15, 0.2) is 0 Å².